The lowest BCUT2D eigenvalue weighted by molar-refractivity contribution is 0.598. The zero-order valence-electron chi connectivity index (χ0n) is 7.06. The maximum absolute atomic E-state index is 4.30. The summed E-state index contributed by atoms with van der Waals surface area (Å²) in [6, 6.07) is 0. The SMILES string of the molecule is CCCC1CCC/C1=N/C. The molecule has 0 heterocycles. The van der Waals surface area contributed by atoms with E-state index in [-0.39, 0.29) is 0 Å². The largest absolute Gasteiger partial charge is 0.297 e. The number of aliphatic imine (C=N–C) groups is 1. The molecule has 1 aliphatic carbocycles. The van der Waals surface area contributed by atoms with Gasteiger partial charge in [0.2, 0.25) is 0 Å². The van der Waals surface area contributed by atoms with Gasteiger partial charge in [-0.25, -0.2) is 0 Å². The second-order valence-corrected chi connectivity index (χ2v) is 3.09. The van der Waals surface area contributed by atoms with E-state index in [4.69, 9.17) is 0 Å². The fourth-order valence-corrected chi connectivity index (χ4v) is 1.85. The van der Waals surface area contributed by atoms with Crippen molar-refractivity contribution in [3.8, 4) is 0 Å². The third-order valence-electron chi connectivity index (χ3n) is 2.38. The Bertz CT molecular complexity index is 127. The normalized spacial score (nSPS) is 29.8. The predicted molar refractivity (Wildman–Crippen MR) is 45.6 cm³/mol. The monoisotopic (exact) mass is 139 g/mol. The van der Waals surface area contributed by atoms with Crippen LogP contribution >= 0.6 is 0 Å². The molecule has 0 aromatic carbocycles. The van der Waals surface area contributed by atoms with Crippen LogP contribution in [-0.2, 0) is 0 Å². The molecule has 0 bridgehead atoms. The van der Waals surface area contributed by atoms with Crippen LogP contribution < -0.4 is 0 Å². The first-order chi connectivity index (χ1) is 4.88. The predicted octanol–water partition coefficient (Wildman–Crippen LogP) is 2.66. The minimum atomic E-state index is 0.843. The van der Waals surface area contributed by atoms with Crippen molar-refractivity contribution >= 4 is 5.71 Å². The Labute approximate surface area is 63.5 Å². The molecule has 0 radical (unpaired) electrons. The van der Waals surface area contributed by atoms with E-state index < -0.39 is 0 Å². The van der Waals surface area contributed by atoms with Crippen LogP contribution in [0, 0.1) is 5.92 Å². The van der Waals surface area contributed by atoms with Gasteiger partial charge in [-0.1, -0.05) is 13.3 Å². The zero-order valence-corrected chi connectivity index (χ0v) is 7.06. The van der Waals surface area contributed by atoms with Gasteiger partial charge in [0.25, 0.3) is 0 Å². The molecule has 1 nitrogen and oxygen atoms in total. The first-order valence-electron chi connectivity index (χ1n) is 4.34. The highest BCUT2D eigenvalue weighted by molar-refractivity contribution is 5.88. The van der Waals surface area contributed by atoms with E-state index in [0.717, 1.165) is 5.92 Å². The molecule has 1 saturated carbocycles. The lowest BCUT2D eigenvalue weighted by Crippen LogP contribution is -2.05. The summed E-state index contributed by atoms with van der Waals surface area (Å²) in [6.45, 7) is 2.26. The lowest BCUT2D eigenvalue weighted by Gasteiger charge is -2.07. The Hall–Kier alpha value is -0.330. The molecule has 0 amide bonds. The summed E-state index contributed by atoms with van der Waals surface area (Å²) in [5.41, 5.74) is 1.47. The van der Waals surface area contributed by atoms with Gasteiger partial charge < -0.3 is 0 Å². The van der Waals surface area contributed by atoms with E-state index in [1.54, 1.807) is 0 Å². The fourth-order valence-electron chi connectivity index (χ4n) is 1.85. The third-order valence-corrected chi connectivity index (χ3v) is 2.38. The van der Waals surface area contributed by atoms with Crippen LogP contribution in [0.1, 0.15) is 39.0 Å². The van der Waals surface area contributed by atoms with E-state index in [1.165, 1.54) is 37.8 Å². The molecule has 10 heavy (non-hydrogen) atoms. The molecule has 0 spiro atoms. The van der Waals surface area contributed by atoms with Gasteiger partial charge in [-0.2, -0.15) is 0 Å². The van der Waals surface area contributed by atoms with Gasteiger partial charge >= 0.3 is 0 Å². The average molecular weight is 139 g/mol. The van der Waals surface area contributed by atoms with Crippen LogP contribution in [0.3, 0.4) is 0 Å². The first-order valence-corrected chi connectivity index (χ1v) is 4.34. The fraction of sp³-hybridized carbons (Fsp3) is 0.889. The molecule has 0 N–H and O–H groups in total. The van der Waals surface area contributed by atoms with E-state index in [9.17, 15) is 0 Å². The van der Waals surface area contributed by atoms with Gasteiger partial charge in [0.05, 0.1) is 0 Å². The molecule has 1 unspecified atom stereocenters. The zero-order chi connectivity index (χ0) is 7.40. The molecule has 0 saturated heterocycles. The summed E-state index contributed by atoms with van der Waals surface area (Å²) in [7, 11) is 1.93. The molecule has 1 rings (SSSR count). The quantitative estimate of drug-likeness (QED) is 0.557. The summed E-state index contributed by atoms with van der Waals surface area (Å²) < 4.78 is 0. The third kappa shape index (κ3) is 1.59. The van der Waals surface area contributed by atoms with Crippen molar-refractivity contribution < 1.29 is 0 Å². The number of nitrogens with zero attached hydrogens (tertiary/aromatic N) is 1. The summed E-state index contributed by atoms with van der Waals surface area (Å²) in [6.07, 6.45) is 6.69. The van der Waals surface area contributed by atoms with Crippen LogP contribution in [0.4, 0.5) is 0 Å². The Morgan fingerprint density at radius 1 is 1.60 bits per heavy atom. The second kappa shape index (κ2) is 3.75. The maximum Gasteiger partial charge on any atom is 0.0276 e. The molecule has 0 aromatic rings. The molecule has 1 heteroatoms. The summed E-state index contributed by atoms with van der Waals surface area (Å²) in [4.78, 5) is 4.30. The molecule has 58 valence electrons. The molecular weight excluding hydrogens is 122 g/mol. The number of hydrogen-bond acceptors (Lipinski definition) is 1. The van der Waals surface area contributed by atoms with Crippen molar-refractivity contribution in [2.45, 2.75) is 39.0 Å². The summed E-state index contributed by atoms with van der Waals surface area (Å²) in [5, 5.41) is 0. The van der Waals surface area contributed by atoms with Gasteiger partial charge in [0.15, 0.2) is 0 Å². The molecule has 1 aliphatic rings. The van der Waals surface area contributed by atoms with Crippen LogP contribution in [-0.4, -0.2) is 12.8 Å². The van der Waals surface area contributed by atoms with Crippen molar-refractivity contribution in [1.82, 2.24) is 0 Å². The highest BCUT2D eigenvalue weighted by Crippen LogP contribution is 2.26. The van der Waals surface area contributed by atoms with Crippen LogP contribution in [0.2, 0.25) is 0 Å². The molecule has 1 atom stereocenters. The van der Waals surface area contributed by atoms with Crippen molar-refractivity contribution in [2.75, 3.05) is 7.05 Å². The van der Waals surface area contributed by atoms with Crippen molar-refractivity contribution in [1.29, 1.82) is 0 Å². The van der Waals surface area contributed by atoms with Crippen LogP contribution in [0.15, 0.2) is 4.99 Å². The van der Waals surface area contributed by atoms with Crippen LogP contribution in [0.5, 0.6) is 0 Å². The topological polar surface area (TPSA) is 12.4 Å². The van der Waals surface area contributed by atoms with Crippen molar-refractivity contribution in [3.05, 3.63) is 0 Å². The van der Waals surface area contributed by atoms with E-state index in [0.29, 0.717) is 0 Å². The smallest absolute Gasteiger partial charge is 0.0276 e. The summed E-state index contributed by atoms with van der Waals surface area (Å²) >= 11 is 0. The Morgan fingerprint density at radius 2 is 2.40 bits per heavy atom. The molecule has 0 aliphatic heterocycles. The Balaban J connectivity index is 2.42. The van der Waals surface area contributed by atoms with Crippen molar-refractivity contribution in [2.24, 2.45) is 10.9 Å². The lowest BCUT2D eigenvalue weighted by atomic mass is 10.0. The van der Waals surface area contributed by atoms with E-state index in [2.05, 4.69) is 11.9 Å². The highest BCUT2D eigenvalue weighted by atomic mass is 14.7. The van der Waals surface area contributed by atoms with Crippen molar-refractivity contribution in [3.63, 3.8) is 0 Å². The van der Waals surface area contributed by atoms with Gasteiger partial charge in [-0.3, -0.25) is 4.99 Å². The number of rotatable bonds is 2. The standard InChI is InChI=1S/C9H17N/c1-3-5-8-6-4-7-9(8)10-2/h8H,3-7H2,1-2H3/b10-9-. The van der Waals surface area contributed by atoms with Gasteiger partial charge in [0.1, 0.15) is 0 Å². The highest BCUT2D eigenvalue weighted by Gasteiger charge is 2.20. The number of hydrogen-bond donors (Lipinski definition) is 0. The minimum absolute atomic E-state index is 0.843. The molecular formula is C9H17N. The van der Waals surface area contributed by atoms with Gasteiger partial charge in [0, 0.05) is 12.8 Å². The van der Waals surface area contributed by atoms with E-state index >= 15 is 0 Å². The Morgan fingerprint density at radius 3 is 3.00 bits per heavy atom. The molecule has 0 aromatic heterocycles. The molecule has 1 fully saturated rings. The first kappa shape index (κ1) is 7.77. The Kier molecular flexibility index (Phi) is 2.91. The van der Waals surface area contributed by atoms with E-state index in [1.807, 2.05) is 7.05 Å². The van der Waals surface area contributed by atoms with Crippen LogP contribution in [0.25, 0.3) is 0 Å². The minimum Gasteiger partial charge on any atom is -0.297 e. The van der Waals surface area contributed by atoms with Gasteiger partial charge in [-0.15, -0.1) is 0 Å². The van der Waals surface area contributed by atoms with Gasteiger partial charge in [-0.05, 0) is 31.6 Å². The second-order valence-electron chi connectivity index (χ2n) is 3.09. The maximum atomic E-state index is 4.30. The summed E-state index contributed by atoms with van der Waals surface area (Å²) in [5.74, 6) is 0.843. The average Bonchev–Trinajstić information content (AvgIpc) is 2.36.